The van der Waals surface area contributed by atoms with Gasteiger partial charge in [-0.25, -0.2) is 13.4 Å². The molecule has 1 aliphatic rings. The van der Waals surface area contributed by atoms with Gasteiger partial charge >= 0.3 is 5.51 Å². The Morgan fingerprint density at radius 3 is 2.24 bits per heavy atom. The Labute approximate surface area is 121 Å². The summed E-state index contributed by atoms with van der Waals surface area (Å²) in [5.41, 5.74) is -2.59. The maximum Gasteiger partial charge on any atom is 0.501 e. The predicted octanol–water partition coefficient (Wildman–Crippen LogP) is 1.55. The van der Waals surface area contributed by atoms with Crippen molar-refractivity contribution in [1.29, 1.82) is 0 Å². The van der Waals surface area contributed by atoms with Crippen molar-refractivity contribution in [3.63, 3.8) is 0 Å². The molecule has 0 aromatic heterocycles. The minimum absolute atomic E-state index is 0.0561. The quantitative estimate of drug-likeness (QED) is 0.915. The molecule has 0 unspecified atom stereocenters. The average Bonchev–Trinajstić information content (AvgIpc) is 2.40. The third-order valence-electron chi connectivity index (χ3n) is 3.26. The Hall–Kier alpha value is -1.32. The smallest absolute Gasteiger partial charge is 0.317 e. The minimum atomic E-state index is -5.37. The molecule has 1 aromatic carbocycles. The van der Waals surface area contributed by atoms with E-state index in [1.165, 1.54) is 18.2 Å². The van der Waals surface area contributed by atoms with Crippen LogP contribution in [0.3, 0.4) is 0 Å². The second kappa shape index (κ2) is 5.82. The highest BCUT2D eigenvalue weighted by Crippen LogP contribution is 2.34. The fourth-order valence-corrected chi connectivity index (χ4v) is 2.92. The van der Waals surface area contributed by atoms with Crippen molar-refractivity contribution >= 4 is 15.5 Å². The molecule has 0 saturated carbocycles. The fourth-order valence-electron chi connectivity index (χ4n) is 2.01. The molecule has 21 heavy (non-hydrogen) atoms. The Kier molecular flexibility index (Phi) is 4.45. The molecule has 0 radical (unpaired) electrons. The molecule has 9 heteroatoms. The van der Waals surface area contributed by atoms with Gasteiger partial charge in [0.05, 0.1) is 5.69 Å². The number of likely N-dealkylation sites (N-methyl/N-ethyl adjacent to an activating group) is 1. The van der Waals surface area contributed by atoms with E-state index < -0.39 is 20.2 Å². The van der Waals surface area contributed by atoms with Crippen LogP contribution in [0.2, 0.25) is 0 Å². The number of benzene rings is 1. The standard InChI is InChI=1S/C12H16F3N3O2S/c1-17-6-8-18(9-7-17)16-10-4-2-3-5-11(10)21(19,20)12(13,14)15/h2-5,16H,6-9H2,1H3. The number of para-hydroxylation sites is 1. The number of hydrazine groups is 1. The van der Waals surface area contributed by atoms with Crippen LogP contribution in [0, 0.1) is 0 Å². The van der Waals surface area contributed by atoms with Crippen LogP contribution >= 0.6 is 0 Å². The summed E-state index contributed by atoms with van der Waals surface area (Å²) >= 11 is 0. The molecule has 0 amide bonds. The zero-order valence-corrected chi connectivity index (χ0v) is 12.2. The molecular weight excluding hydrogens is 307 g/mol. The van der Waals surface area contributed by atoms with Crippen molar-refractivity contribution in [2.45, 2.75) is 10.4 Å². The van der Waals surface area contributed by atoms with E-state index in [0.29, 0.717) is 13.1 Å². The van der Waals surface area contributed by atoms with Crippen LogP contribution in [0.4, 0.5) is 18.9 Å². The van der Waals surface area contributed by atoms with Gasteiger partial charge in [-0.15, -0.1) is 0 Å². The predicted molar refractivity (Wildman–Crippen MR) is 72.4 cm³/mol. The van der Waals surface area contributed by atoms with Gasteiger partial charge in [0.2, 0.25) is 0 Å². The molecule has 1 fully saturated rings. The van der Waals surface area contributed by atoms with E-state index in [1.807, 2.05) is 7.05 Å². The SMILES string of the molecule is CN1CCN(Nc2ccccc2S(=O)(=O)C(F)(F)F)CC1. The molecule has 118 valence electrons. The summed E-state index contributed by atoms with van der Waals surface area (Å²) in [5.74, 6) is 0. The maximum absolute atomic E-state index is 12.7. The number of sulfone groups is 1. The Bertz CT molecular complexity index is 596. The van der Waals surface area contributed by atoms with Crippen LogP contribution < -0.4 is 5.43 Å². The molecule has 0 aliphatic carbocycles. The zero-order valence-electron chi connectivity index (χ0n) is 11.4. The summed E-state index contributed by atoms with van der Waals surface area (Å²) in [5, 5.41) is 1.71. The lowest BCUT2D eigenvalue weighted by Gasteiger charge is -2.33. The third kappa shape index (κ3) is 3.47. The van der Waals surface area contributed by atoms with Gasteiger partial charge in [0.15, 0.2) is 0 Å². The van der Waals surface area contributed by atoms with Crippen molar-refractivity contribution in [1.82, 2.24) is 9.91 Å². The van der Waals surface area contributed by atoms with Crippen LogP contribution in [0.15, 0.2) is 29.2 Å². The molecule has 1 aromatic rings. The number of alkyl halides is 3. The molecule has 0 atom stereocenters. The molecule has 0 bridgehead atoms. The third-order valence-corrected chi connectivity index (χ3v) is 4.81. The van der Waals surface area contributed by atoms with Crippen LogP contribution in [-0.4, -0.2) is 57.1 Å². The van der Waals surface area contributed by atoms with Gasteiger partial charge in [-0.1, -0.05) is 12.1 Å². The van der Waals surface area contributed by atoms with E-state index >= 15 is 0 Å². The highest BCUT2D eigenvalue weighted by Gasteiger charge is 2.48. The van der Waals surface area contributed by atoms with Crippen LogP contribution in [0.1, 0.15) is 0 Å². The molecule has 1 saturated heterocycles. The lowest BCUT2D eigenvalue weighted by atomic mass is 10.3. The monoisotopic (exact) mass is 323 g/mol. The normalized spacial score (nSPS) is 18.7. The first-order valence-electron chi connectivity index (χ1n) is 6.32. The number of anilines is 1. The largest absolute Gasteiger partial charge is 0.501 e. The van der Waals surface area contributed by atoms with E-state index in [-0.39, 0.29) is 5.69 Å². The second-order valence-corrected chi connectivity index (χ2v) is 6.76. The van der Waals surface area contributed by atoms with Crippen LogP contribution in [-0.2, 0) is 9.84 Å². The van der Waals surface area contributed by atoms with Gasteiger partial charge in [-0.2, -0.15) is 13.2 Å². The number of piperazine rings is 1. The van der Waals surface area contributed by atoms with Gasteiger partial charge in [-0.05, 0) is 19.2 Å². The minimum Gasteiger partial charge on any atom is -0.317 e. The number of rotatable bonds is 3. The maximum atomic E-state index is 12.7. The van der Waals surface area contributed by atoms with Crippen molar-refractivity contribution in [3.8, 4) is 0 Å². The number of nitrogens with zero attached hydrogens (tertiary/aromatic N) is 2. The van der Waals surface area contributed by atoms with E-state index in [0.717, 1.165) is 19.2 Å². The number of halogens is 3. The van der Waals surface area contributed by atoms with Gasteiger partial charge < -0.3 is 10.3 Å². The van der Waals surface area contributed by atoms with E-state index in [2.05, 4.69) is 10.3 Å². The van der Waals surface area contributed by atoms with Gasteiger partial charge in [0.1, 0.15) is 4.90 Å². The Morgan fingerprint density at radius 2 is 1.67 bits per heavy atom. The molecule has 1 N–H and O–H groups in total. The van der Waals surface area contributed by atoms with Gasteiger partial charge in [0.25, 0.3) is 9.84 Å². The number of hydrogen-bond acceptors (Lipinski definition) is 5. The van der Waals surface area contributed by atoms with Crippen molar-refractivity contribution in [2.24, 2.45) is 0 Å². The summed E-state index contributed by atoms with van der Waals surface area (Å²) in [6, 6.07) is 5.06. The zero-order chi connectivity index (χ0) is 15.7. The van der Waals surface area contributed by atoms with E-state index in [4.69, 9.17) is 0 Å². The number of nitrogens with one attached hydrogen (secondary N) is 1. The summed E-state index contributed by atoms with van der Waals surface area (Å²) in [7, 11) is -3.42. The van der Waals surface area contributed by atoms with E-state index in [9.17, 15) is 21.6 Å². The summed E-state index contributed by atoms with van der Waals surface area (Å²) < 4.78 is 61.2. The van der Waals surface area contributed by atoms with Gasteiger partial charge in [0, 0.05) is 26.2 Å². The van der Waals surface area contributed by atoms with Crippen LogP contribution in [0.25, 0.3) is 0 Å². The molecule has 2 rings (SSSR count). The Morgan fingerprint density at radius 1 is 1.10 bits per heavy atom. The highest BCUT2D eigenvalue weighted by molar-refractivity contribution is 7.92. The highest BCUT2D eigenvalue weighted by atomic mass is 32.2. The molecule has 1 aliphatic heterocycles. The molecule has 5 nitrogen and oxygen atoms in total. The summed E-state index contributed by atoms with van der Waals surface area (Å²) in [6.07, 6.45) is 0. The first kappa shape index (κ1) is 16.1. The Balaban J connectivity index is 2.26. The lowest BCUT2D eigenvalue weighted by molar-refractivity contribution is -0.0435. The second-order valence-electron chi connectivity index (χ2n) is 4.85. The molecule has 1 heterocycles. The average molecular weight is 323 g/mol. The van der Waals surface area contributed by atoms with Crippen molar-refractivity contribution < 1.29 is 21.6 Å². The van der Waals surface area contributed by atoms with Crippen molar-refractivity contribution in [3.05, 3.63) is 24.3 Å². The molecular formula is C12H16F3N3O2S. The van der Waals surface area contributed by atoms with Crippen molar-refractivity contribution in [2.75, 3.05) is 38.7 Å². The summed E-state index contributed by atoms with van der Waals surface area (Å²) in [4.78, 5) is 1.33. The first-order chi connectivity index (χ1) is 9.72. The lowest BCUT2D eigenvalue weighted by Crippen LogP contribution is -2.47. The number of hydrogen-bond donors (Lipinski definition) is 1. The topological polar surface area (TPSA) is 52.6 Å². The summed E-state index contributed by atoms with van der Waals surface area (Å²) in [6.45, 7) is 2.69. The molecule has 0 spiro atoms. The van der Waals surface area contributed by atoms with Crippen LogP contribution in [0.5, 0.6) is 0 Å². The fraction of sp³-hybridized carbons (Fsp3) is 0.500. The van der Waals surface area contributed by atoms with Gasteiger partial charge in [-0.3, -0.25) is 0 Å². The van der Waals surface area contributed by atoms with E-state index in [1.54, 1.807) is 5.01 Å². The first-order valence-corrected chi connectivity index (χ1v) is 7.80.